The molecule has 0 aliphatic carbocycles. The molecule has 0 fully saturated rings. The molecule has 0 amide bonds. The number of para-hydroxylation sites is 1. The SMILES string of the molecule is CCCCC#Cc1ccccc1Oc1cc(C(=O)O)cc(C(=O)O)c1. The van der Waals surface area contributed by atoms with Gasteiger partial charge < -0.3 is 14.9 Å². The average molecular weight is 338 g/mol. The zero-order valence-corrected chi connectivity index (χ0v) is 13.8. The third-order valence-electron chi connectivity index (χ3n) is 3.39. The summed E-state index contributed by atoms with van der Waals surface area (Å²) in [6.07, 6.45) is 2.86. The minimum atomic E-state index is -1.22. The summed E-state index contributed by atoms with van der Waals surface area (Å²) in [6.45, 7) is 2.09. The highest BCUT2D eigenvalue weighted by Crippen LogP contribution is 2.27. The summed E-state index contributed by atoms with van der Waals surface area (Å²) in [6, 6.07) is 10.8. The molecule has 0 aliphatic rings. The van der Waals surface area contributed by atoms with Gasteiger partial charge in [-0.05, 0) is 36.8 Å². The van der Waals surface area contributed by atoms with E-state index in [-0.39, 0.29) is 16.9 Å². The van der Waals surface area contributed by atoms with Crippen LogP contribution in [0.5, 0.6) is 11.5 Å². The molecule has 2 aromatic carbocycles. The highest BCUT2D eigenvalue weighted by Gasteiger charge is 2.13. The van der Waals surface area contributed by atoms with Crippen LogP contribution in [0.3, 0.4) is 0 Å². The molecule has 0 radical (unpaired) electrons. The van der Waals surface area contributed by atoms with E-state index in [1.165, 1.54) is 12.1 Å². The van der Waals surface area contributed by atoms with Crippen LogP contribution in [0.25, 0.3) is 0 Å². The van der Waals surface area contributed by atoms with E-state index >= 15 is 0 Å². The van der Waals surface area contributed by atoms with Gasteiger partial charge in [-0.2, -0.15) is 0 Å². The first-order chi connectivity index (χ1) is 12.0. The summed E-state index contributed by atoms with van der Waals surface area (Å²) in [5.74, 6) is 4.25. The lowest BCUT2D eigenvalue weighted by Crippen LogP contribution is -2.03. The first-order valence-electron chi connectivity index (χ1n) is 7.88. The Morgan fingerprint density at radius 3 is 2.28 bits per heavy atom. The fourth-order valence-electron chi connectivity index (χ4n) is 2.11. The van der Waals surface area contributed by atoms with E-state index in [1.54, 1.807) is 18.2 Å². The van der Waals surface area contributed by atoms with E-state index in [4.69, 9.17) is 14.9 Å². The molecule has 0 heterocycles. The molecule has 0 aliphatic heterocycles. The zero-order valence-electron chi connectivity index (χ0n) is 13.8. The molecule has 0 atom stereocenters. The Hall–Kier alpha value is -3.26. The molecule has 0 spiro atoms. The summed E-state index contributed by atoms with van der Waals surface area (Å²) in [4.78, 5) is 22.4. The van der Waals surface area contributed by atoms with Gasteiger partial charge in [0.15, 0.2) is 0 Å². The Morgan fingerprint density at radius 2 is 1.68 bits per heavy atom. The van der Waals surface area contributed by atoms with Crippen molar-refractivity contribution in [2.75, 3.05) is 0 Å². The molecule has 5 heteroatoms. The van der Waals surface area contributed by atoms with Gasteiger partial charge in [0.25, 0.3) is 0 Å². The minimum absolute atomic E-state index is 0.139. The molecule has 5 nitrogen and oxygen atoms in total. The van der Waals surface area contributed by atoms with Crippen molar-refractivity contribution in [3.8, 4) is 23.3 Å². The molecule has 0 saturated heterocycles. The number of ether oxygens (including phenoxy) is 1. The van der Waals surface area contributed by atoms with Crippen LogP contribution in [0.1, 0.15) is 52.5 Å². The second kappa shape index (κ2) is 8.55. The molecule has 25 heavy (non-hydrogen) atoms. The number of hydrogen-bond acceptors (Lipinski definition) is 3. The van der Waals surface area contributed by atoms with Crippen LogP contribution in [0.2, 0.25) is 0 Å². The Labute approximate surface area is 145 Å². The van der Waals surface area contributed by atoms with Crippen LogP contribution in [0.15, 0.2) is 42.5 Å². The number of unbranched alkanes of at least 4 members (excludes halogenated alkanes) is 2. The van der Waals surface area contributed by atoms with Crippen molar-refractivity contribution < 1.29 is 24.5 Å². The molecule has 0 unspecified atom stereocenters. The van der Waals surface area contributed by atoms with Crippen molar-refractivity contribution in [3.05, 3.63) is 59.2 Å². The average Bonchev–Trinajstić information content (AvgIpc) is 2.59. The fourth-order valence-corrected chi connectivity index (χ4v) is 2.11. The standard InChI is InChI=1S/C20H18O5/c1-2-3-4-5-8-14-9-6-7-10-18(14)25-17-12-15(19(21)22)11-16(13-17)20(23)24/h6-7,9-13H,2-4H2,1H3,(H,21,22)(H,23,24). The number of carbonyl (C=O) groups is 2. The van der Waals surface area contributed by atoms with Crippen LogP contribution >= 0.6 is 0 Å². The van der Waals surface area contributed by atoms with Crippen molar-refractivity contribution in [2.24, 2.45) is 0 Å². The van der Waals surface area contributed by atoms with E-state index < -0.39 is 11.9 Å². The lowest BCUT2D eigenvalue weighted by atomic mass is 10.1. The third kappa shape index (κ3) is 5.11. The summed E-state index contributed by atoms with van der Waals surface area (Å²) in [5.41, 5.74) is 0.360. The number of aromatic carboxylic acids is 2. The van der Waals surface area contributed by atoms with E-state index in [2.05, 4.69) is 18.8 Å². The van der Waals surface area contributed by atoms with Gasteiger partial charge in [-0.25, -0.2) is 9.59 Å². The number of carboxylic acids is 2. The van der Waals surface area contributed by atoms with Crippen LogP contribution < -0.4 is 4.74 Å². The molecule has 2 N–H and O–H groups in total. The molecule has 0 bridgehead atoms. The number of benzene rings is 2. The predicted molar refractivity (Wildman–Crippen MR) is 93.3 cm³/mol. The Morgan fingerprint density at radius 1 is 1.04 bits per heavy atom. The molecule has 0 saturated carbocycles. The van der Waals surface area contributed by atoms with Crippen molar-refractivity contribution in [1.82, 2.24) is 0 Å². The van der Waals surface area contributed by atoms with Gasteiger partial charge in [-0.3, -0.25) is 0 Å². The normalized spacial score (nSPS) is 9.80. The van der Waals surface area contributed by atoms with Gasteiger partial charge in [0.05, 0.1) is 16.7 Å². The molecular formula is C20H18O5. The highest BCUT2D eigenvalue weighted by molar-refractivity contribution is 5.94. The summed E-state index contributed by atoms with van der Waals surface area (Å²) in [5, 5.41) is 18.3. The quantitative estimate of drug-likeness (QED) is 0.602. The number of rotatable bonds is 6. The maximum Gasteiger partial charge on any atom is 0.335 e. The van der Waals surface area contributed by atoms with Crippen LogP contribution in [0, 0.1) is 11.8 Å². The van der Waals surface area contributed by atoms with E-state index in [0.29, 0.717) is 11.3 Å². The van der Waals surface area contributed by atoms with Gasteiger partial charge >= 0.3 is 11.9 Å². The van der Waals surface area contributed by atoms with E-state index in [9.17, 15) is 9.59 Å². The van der Waals surface area contributed by atoms with Gasteiger partial charge in [0.1, 0.15) is 11.5 Å². The minimum Gasteiger partial charge on any atom is -0.478 e. The maximum atomic E-state index is 11.2. The summed E-state index contributed by atoms with van der Waals surface area (Å²) in [7, 11) is 0. The monoisotopic (exact) mass is 338 g/mol. The van der Waals surface area contributed by atoms with Gasteiger partial charge in [-0.1, -0.05) is 37.3 Å². The van der Waals surface area contributed by atoms with E-state index in [1.807, 2.05) is 6.07 Å². The molecule has 2 aromatic rings. The molecular weight excluding hydrogens is 320 g/mol. The van der Waals surface area contributed by atoms with Crippen molar-refractivity contribution >= 4 is 11.9 Å². The fraction of sp³-hybridized carbons (Fsp3) is 0.200. The smallest absolute Gasteiger partial charge is 0.335 e. The predicted octanol–water partition coefficient (Wildman–Crippen LogP) is 4.42. The molecule has 2 rings (SSSR count). The maximum absolute atomic E-state index is 11.2. The lowest BCUT2D eigenvalue weighted by molar-refractivity contribution is 0.0696. The number of carboxylic acid groups (broad SMARTS) is 2. The summed E-state index contributed by atoms with van der Waals surface area (Å²) < 4.78 is 5.72. The Bertz CT molecular complexity index is 810. The second-order valence-corrected chi connectivity index (χ2v) is 5.36. The highest BCUT2D eigenvalue weighted by atomic mass is 16.5. The van der Waals surface area contributed by atoms with Crippen LogP contribution in [-0.2, 0) is 0 Å². The van der Waals surface area contributed by atoms with Crippen molar-refractivity contribution in [3.63, 3.8) is 0 Å². The molecule has 128 valence electrons. The second-order valence-electron chi connectivity index (χ2n) is 5.36. The topological polar surface area (TPSA) is 83.8 Å². The van der Waals surface area contributed by atoms with Gasteiger partial charge in [-0.15, -0.1) is 0 Å². The summed E-state index contributed by atoms with van der Waals surface area (Å²) >= 11 is 0. The molecule has 0 aromatic heterocycles. The number of hydrogen-bond donors (Lipinski definition) is 2. The Kier molecular flexibility index (Phi) is 6.19. The van der Waals surface area contributed by atoms with Crippen LogP contribution in [-0.4, -0.2) is 22.2 Å². The zero-order chi connectivity index (χ0) is 18.2. The first kappa shape index (κ1) is 18.1. The lowest BCUT2D eigenvalue weighted by Gasteiger charge is -2.09. The van der Waals surface area contributed by atoms with Gasteiger partial charge in [0.2, 0.25) is 0 Å². The van der Waals surface area contributed by atoms with Crippen LogP contribution in [0.4, 0.5) is 0 Å². The van der Waals surface area contributed by atoms with Crippen molar-refractivity contribution in [1.29, 1.82) is 0 Å². The van der Waals surface area contributed by atoms with E-state index in [0.717, 1.165) is 25.3 Å². The third-order valence-corrected chi connectivity index (χ3v) is 3.39. The first-order valence-corrected chi connectivity index (χ1v) is 7.88. The van der Waals surface area contributed by atoms with Gasteiger partial charge in [0, 0.05) is 6.42 Å². The van der Waals surface area contributed by atoms with Crippen molar-refractivity contribution in [2.45, 2.75) is 26.2 Å². The largest absolute Gasteiger partial charge is 0.478 e. The Balaban J connectivity index is 2.34.